The van der Waals surface area contributed by atoms with Crippen LogP contribution < -0.4 is 15.8 Å². The molecule has 5 nitrogen and oxygen atoms in total. The number of pyridine rings is 1. The molecule has 0 unspecified atom stereocenters. The highest BCUT2D eigenvalue weighted by atomic mass is 16.5. The Labute approximate surface area is 95.7 Å². The molecule has 16 heavy (non-hydrogen) atoms. The van der Waals surface area contributed by atoms with E-state index >= 15 is 0 Å². The van der Waals surface area contributed by atoms with Gasteiger partial charge in [0, 0.05) is 12.7 Å². The highest BCUT2D eigenvalue weighted by Gasteiger charge is 1.93. The molecule has 0 saturated heterocycles. The van der Waals surface area contributed by atoms with Crippen molar-refractivity contribution < 1.29 is 4.74 Å². The molecule has 0 aliphatic rings. The standard InChI is InChI=1S/C11H18N4O/c1-2-5-14-11(12)15-7-8-16-10-4-3-6-13-9-10/h3-4,6,9H,2,5,7-8H2,1H3,(H3,12,14,15). The van der Waals surface area contributed by atoms with Crippen molar-refractivity contribution in [3.63, 3.8) is 0 Å². The number of hydrogen-bond donors (Lipinski definition) is 2. The first-order valence-electron chi connectivity index (χ1n) is 5.39. The second-order valence-corrected chi connectivity index (χ2v) is 3.23. The van der Waals surface area contributed by atoms with Gasteiger partial charge in [-0.15, -0.1) is 0 Å². The van der Waals surface area contributed by atoms with Crippen LogP contribution in [0.25, 0.3) is 0 Å². The fraction of sp³-hybridized carbons (Fsp3) is 0.455. The summed E-state index contributed by atoms with van der Waals surface area (Å²) in [5, 5.41) is 2.97. The average Bonchev–Trinajstić information content (AvgIpc) is 2.33. The monoisotopic (exact) mass is 222 g/mol. The minimum Gasteiger partial charge on any atom is -0.490 e. The van der Waals surface area contributed by atoms with E-state index in [1.165, 1.54) is 0 Å². The first-order chi connectivity index (χ1) is 7.83. The number of nitrogens with one attached hydrogen (secondary N) is 1. The van der Waals surface area contributed by atoms with Gasteiger partial charge in [-0.3, -0.25) is 9.98 Å². The summed E-state index contributed by atoms with van der Waals surface area (Å²) >= 11 is 0. The van der Waals surface area contributed by atoms with Crippen molar-refractivity contribution in [3.05, 3.63) is 24.5 Å². The third-order valence-corrected chi connectivity index (χ3v) is 1.82. The van der Waals surface area contributed by atoms with Crippen LogP contribution in [0.15, 0.2) is 29.5 Å². The van der Waals surface area contributed by atoms with Gasteiger partial charge in [-0.1, -0.05) is 6.92 Å². The van der Waals surface area contributed by atoms with Crippen molar-refractivity contribution in [2.45, 2.75) is 13.3 Å². The molecule has 0 fully saturated rings. The van der Waals surface area contributed by atoms with Crippen molar-refractivity contribution >= 4 is 5.96 Å². The van der Waals surface area contributed by atoms with Gasteiger partial charge in [0.15, 0.2) is 5.96 Å². The summed E-state index contributed by atoms with van der Waals surface area (Å²) in [6, 6.07) is 3.70. The molecule has 1 aromatic heterocycles. The minimum atomic E-state index is 0.469. The van der Waals surface area contributed by atoms with E-state index in [1.807, 2.05) is 12.1 Å². The van der Waals surface area contributed by atoms with Gasteiger partial charge in [0.05, 0.1) is 12.7 Å². The van der Waals surface area contributed by atoms with E-state index in [4.69, 9.17) is 10.5 Å². The fourth-order valence-corrected chi connectivity index (χ4v) is 1.07. The Hall–Kier alpha value is -1.78. The third kappa shape index (κ3) is 5.19. The largest absolute Gasteiger partial charge is 0.490 e. The molecule has 1 rings (SSSR count). The van der Waals surface area contributed by atoms with Gasteiger partial charge in [-0.05, 0) is 18.6 Å². The molecule has 88 valence electrons. The fourth-order valence-electron chi connectivity index (χ4n) is 1.07. The molecule has 0 aromatic carbocycles. The molecule has 3 N–H and O–H groups in total. The van der Waals surface area contributed by atoms with Gasteiger partial charge in [0.2, 0.25) is 0 Å². The first kappa shape index (κ1) is 12.3. The number of ether oxygens (including phenoxy) is 1. The van der Waals surface area contributed by atoms with Crippen molar-refractivity contribution in [3.8, 4) is 5.75 Å². The summed E-state index contributed by atoms with van der Waals surface area (Å²) in [5.41, 5.74) is 5.61. The molecule has 0 amide bonds. The SMILES string of the molecule is CCCN=C(N)NCCOc1cccnc1. The molecule has 0 aliphatic heterocycles. The summed E-state index contributed by atoms with van der Waals surface area (Å²) < 4.78 is 5.43. The molecule has 0 bridgehead atoms. The van der Waals surface area contributed by atoms with Crippen molar-refractivity contribution in [2.75, 3.05) is 19.7 Å². The minimum absolute atomic E-state index is 0.469. The Morgan fingerprint density at radius 3 is 3.19 bits per heavy atom. The number of rotatable bonds is 6. The Bertz CT molecular complexity index is 313. The van der Waals surface area contributed by atoms with E-state index in [9.17, 15) is 0 Å². The Balaban J connectivity index is 2.12. The maximum atomic E-state index is 5.61. The molecule has 0 aliphatic carbocycles. The molecule has 0 atom stereocenters. The molecule has 1 heterocycles. The van der Waals surface area contributed by atoms with Crippen LogP contribution in [0.1, 0.15) is 13.3 Å². The van der Waals surface area contributed by atoms with E-state index in [1.54, 1.807) is 12.4 Å². The predicted molar refractivity (Wildman–Crippen MR) is 64.5 cm³/mol. The molecule has 5 heteroatoms. The molecule has 1 aromatic rings. The van der Waals surface area contributed by atoms with Crippen LogP contribution in [0, 0.1) is 0 Å². The quantitative estimate of drug-likeness (QED) is 0.424. The molecule has 0 spiro atoms. The van der Waals surface area contributed by atoms with Gasteiger partial charge in [0.1, 0.15) is 12.4 Å². The number of nitrogens with two attached hydrogens (primary N) is 1. The van der Waals surface area contributed by atoms with E-state index in [2.05, 4.69) is 22.2 Å². The average molecular weight is 222 g/mol. The van der Waals surface area contributed by atoms with Gasteiger partial charge in [-0.2, -0.15) is 0 Å². The van der Waals surface area contributed by atoms with Crippen LogP contribution in [0.3, 0.4) is 0 Å². The number of aliphatic imine (C=N–C) groups is 1. The lowest BCUT2D eigenvalue weighted by molar-refractivity contribution is 0.321. The van der Waals surface area contributed by atoms with E-state index in [0.29, 0.717) is 19.1 Å². The maximum Gasteiger partial charge on any atom is 0.188 e. The number of guanidine groups is 1. The van der Waals surface area contributed by atoms with Gasteiger partial charge < -0.3 is 15.8 Å². The highest BCUT2D eigenvalue weighted by Crippen LogP contribution is 2.04. The van der Waals surface area contributed by atoms with Crippen molar-refractivity contribution in [2.24, 2.45) is 10.7 Å². The molecule has 0 radical (unpaired) electrons. The lowest BCUT2D eigenvalue weighted by atomic mass is 10.5. The van der Waals surface area contributed by atoms with Crippen LogP contribution in [0.2, 0.25) is 0 Å². The number of hydrogen-bond acceptors (Lipinski definition) is 3. The highest BCUT2D eigenvalue weighted by molar-refractivity contribution is 5.77. The summed E-state index contributed by atoms with van der Waals surface area (Å²) in [6.45, 7) is 3.98. The second-order valence-electron chi connectivity index (χ2n) is 3.23. The van der Waals surface area contributed by atoms with E-state index < -0.39 is 0 Å². The topological polar surface area (TPSA) is 72.5 Å². The van der Waals surface area contributed by atoms with Gasteiger partial charge in [0.25, 0.3) is 0 Å². The lowest BCUT2D eigenvalue weighted by Gasteiger charge is -2.07. The molecular formula is C11H18N4O. The van der Waals surface area contributed by atoms with E-state index in [0.717, 1.165) is 18.7 Å². The zero-order valence-electron chi connectivity index (χ0n) is 9.52. The van der Waals surface area contributed by atoms with Crippen LogP contribution >= 0.6 is 0 Å². The second kappa shape index (κ2) is 7.50. The zero-order chi connectivity index (χ0) is 11.6. The maximum absolute atomic E-state index is 5.61. The molecular weight excluding hydrogens is 204 g/mol. The molecule has 0 saturated carbocycles. The number of aromatic nitrogens is 1. The summed E-state index contributed by atoms with van der Waals surface area (Å²) in [4.78, 5) is 8.05. The summed E-state index contributed by atoms with van der Waals surface area (Å²) in [6.07, 6.45) is 4.38. The van der Waals surface area contributed by atoms with Crippen LogP contribution in [-0.2, 0) is 0 Å². The van der Waals surface area contributed by atoms with Crippen LogP contribution in [0.5, 0.6) is 5.75 Å². The summed E-state index contributed by atoms with van der Waals surface area (Å²) in [5.74, 6) is 1.23. The van der Waals surface area contributed by atoms with Crippen LogP contribution in [0.4, 0.5) is 0 Å². The first-order valence-corrected chi connectivity index (χ1v) is 5.39. The summed E-state index contributed by atoms with van der Waals surface area (Å²) in [7, 11) is 0. The van der Waals surface area contributed by atoms with Gasteiger partial charge in [-0.25, -0.2) is 0 Å². The number of nitrogens with zero attached hydrogens (tertiary/aromatic N) is 2. The van der Waals surface area contributed by atoms with Crippen molar-refractivity contribution in [1.29, 1.82) is 0 Å². The lowest BCUT2D eigenvalue weighted by Crippen LogP contribution is -2.34. The Morgan fingerprint density at radius 1 is 1.62 bits per heavy atom. The Morgan fingerprint density at radius 2 is 2.50 bits per heavy atom. The van der Waals surface area contributed by atoms with Crippen molar-refractivity contribution in [1.82, 2.24) is 10.3 Å². The van der Waals surface area contributed by atoms with Gasteiger partial charge >= 0.3 is 0 Å². The smallest absolute Gasteiger partial charge is 0.188 e. The van der Waals surface area contributed by atoms with E-state index in [-0.39, 0.29) is 0 Å². The normalized spacial score (nSPS) is 11.2. The predicted octanol–water partition coefficient (Wildman–Crippen LogP) is 0.775. The zero-order valence-corrected chi connectivity index (χ0v) is 9.52. The van der Waals surface area contributed by atoms with Crippen LogP contribution in [-0.4, -0.2) is 30.6 Å². The Kier molecular flexibility index (Phi) is 5.76. The third-order valence-electron chi connectivity index (χ3n) is 1.82.